The summed E-state index contributed by atoms with van der Waals surface area (Å²) in [6.45, 7) is 3.91. The van der Waals surface area contributed by atoms with Crippen LogP contribution < -0.4 is 5.32 Å². The van der Waals surface area contributed by atoms with Gasteiger partial charge in [-0.15, -0.1) is 11.3 Å². The lowest BCUT2D eigenvalue weighted by Crippen LogP contribution is -2.33. The largest absolute Gasteiger partial charge is 0.348 e. The Labute approximate surface area is 154 Å². The van der Waals surface area contributed by atoms with Gasteiger partial charge in [-0.25, -0.2) is 4.68 Å². The Kier molecular flexibility index (Phi) is 5.13. The molecule has 0 spiro atoms. The molecule has 0 aliphatic heterocycles. The summed E-state index contributed by atoms with van der Waals surface area (Å²) in [5, 5.41) is 20.5. The quantitative estimate of drug-likeness (QED) is 0.524. The molecule has 26 heavy (non-hydrogen) atoms. The molecule has 2 heterocycles. The van der Waals surface area contributed by atoms with Crippen LogP contribution in [0.1, 0.15) is 30.8 Å². The van der Waals surface area contributed by atoms with Gasteiger partial charge in [0.1, 0.15) is 11.4 Å². The number of nitro benzene ring substituents is 1. The van der Waals surface area contributed by atoms with Gasteiger partial charge in [0.2, 0.25) is 0 Å². The number of hydrogen-bond donors (Lipinski definition) is 1. The fraction of sp³-hybridized carbons (Fsp3) is 0.222. The van der Waals surface area contributed by atoms with Crippen molar-refractivity contribution in [2.45, 2.75) is 26.3 Å². The highest BCUT2D eigenvalue weighted by molar-refractivity contribution is 7.13. The maximum atomic E-state index is 12.7. The fourth-order valence-electron chi connectivity index (χ4n) is 2.42. The molecule has 1 aromatic carbocycles. The Morgan fingerprint density at radius 3 is 2.81 bits per heavy atom. The molecule has 0 radical (unpaired) electrons. The molecule has 1 amide bonds. The third-order valence-corrected chi connectivity index (χ3v) is 4.88. The van der Waals surface area contributed by atoms with E-state index in [2.05, 4.69) is 10.4 Å². The van der Waals surface area contributed by atoms with Crippen LogP contribution in [0.15, 0.2) is 47.8 Å². The maximum Gasteiger partial charge on any atom is 0.271 e. The van der Waals surface area contributed by atoms with E-state index in [0.717, 1.165) is 11.3 Å². The minimum Gasteiger partial charge on any atom is -0.348 e. The van der Waals surface area contributed by atoms with E-state index in [1.165, 1.54) is 28.2 Å². The van der Waals surface area contributed by atoms with Crippen LogP contribution in [-0.4, -0.2) is 26.7 Å². The molecule has 2 aromatic heterocycles. The monoisotopic (exact) mass is 370 g/mol. The van der Waals surface area contributed by atoms with E-state index < -0.39 is 4.92 Å². The number of non-ortho nitro benzene ring substituents is 1. The van der Waals surface area contributed by atoms with E-state index in [1.807, 2.05) is 31.4 Å². The van der Waals surface area contributed by atoms with Gasteiger partial charge in [-0.1, -0.05) is 19.1 Å². The number of hydrogen-bond acceptors (Lipinski definition) is 5. The van der Waals surface area contributed by atoms with Crippen molar-refractivity contribution in [3.8, 4) is 16.3 Å². The second-order valence-corrected chi connectivity index (χ2v) is 6.81. The topological polar surface area (TPSA) is 90.1 Å². The molecular formula is C18H18N4O3S. The predicted molar refractivity (Wildman–Crippen MR) is 101 cm³/mol. The Morgan fingerprint density at radius 2 is 2.15 bits per heavy atom. The summed E-state index contributed by atoms with van der Waals surface area (Å²) in [7, 11) is 0. The van der Waals surface area contributed by atoms with Gasteiger partial charge in [0.05, 0.1) is 15.5 Å². The molecule has 134 valence electrons. The summed E-state index contributed by atoms with van der Waals surface area (Å²) >= 11 is 1.52. The molecular weight excluding hydrogens is 352 g/mol. The first-order chi connectivity index (χ1) is 12.5. The molecule has 0 saturated carbocycles. The Balaban J connectivity index is 2.09. The van der Waals surface area contributed by atoms with E-state index in [-0.39, 0.29) is 17.6 Å². The lowest BCUT2D eigenvalue weighted by molar-refractivity contribution is -0.384. The first kappa shape index (κ1) is 17.8. The second-order valence-electron chi connectivity index (χ2n) is 5.86. The van der Waals surface area contributed by atoms with E-state index in [9.17, 15) is 14.9 Å². The van der Waals surface area contributed by atoms with Gasteiger partial charge in [-0.3, -0.25) is 14.9 Å². The molecule has 0 saturated heterocycles. The van der Waals surface area contributed by atoms with E-state index in [0.29, 0.717) is 17.1 Å². The van der Waals surface area contributed by atoms with Gasteiger partial charge >= 0.3 is 0 Å². The number of rotatable bonds is 6. The van der Waals surface area contributed by atoms with Gasteiger partial charge in [-0.2, -0.15) is 5.10 Å². The van der Waals surface area contributed by atoms with Crippen LogP contribution in [0.4, 0.5) is 5.69 Å². The van der Waals surface area contributed by atoms with Gasteiger partial charge in [0.25, 0.3) is 11.6 Å². The summed E-state index contributed by atoms with van der Waals surface area (Å²) in [5.74, 6) is -0.263. The highest BCUT2D eigenvalue weighted by Gasteiger charge is 2.20. The zero-order valence-corrected chi connectivity index (χ0v) is 15.2. The number of nitrogens with zero attached hydrogens (tertiary/aromatic N) is 3. The van der Waals surface area contributed by atoms with Gasteiger partial charge in [-0.05, 0) is 36.9 Å². The predicted octanol–water partition coefficient (Wildman–Crippen LogP) is 4.04. The molecule has 1 atom stereocenters. The number of aromatic nitrogens is 2. The third-order valence-electron chi connectivity index (χ3n) is 3.99. The van der Waals surface area contributed by atoms with Crippen molar-refractivity contribution < 1.29 is 9.72 Å². The highest BCUT2D eigenvalue weighted by Crippen LogP contribution is 2.26. The summed E-state index contributed by atoms with van der Waals surface area (Å²) in [6.07, 6.45) is 0.800. The zero-order valence-electron chi connectivity index (χ0n) is 14.4. The van der Waals surface area contributed by atoms with Crippen molar-refractivity contribution in [2.75, 3.05) is 0 Å². The normalized spacial score (nSPS) is 11.9. The van der Waals surface area contributed by atoms with Crippen LogP contribution in [0, 0.1) is 10.1 Å². The molecule has 7 nitrogen and oxygen atoms in total. The molecule has 3 rings (SSSR count). The van der Waals surface area contributed by atoms with Crippen LogP contribution in [0.25, 0.3) is 16.3 Å². The smallest absolute Gasteiger partial charge is 0.271 e. The van der Waals surface area contributed by atoms with Crippen LogP contribution in [0.3, 0.4) is 0 Å². The molecule has 0 aliphatic carbocycles. The summed E-state index contributed by atoms with van der Waals surface area (Å²) in [5.41, 5.74) is 1.41. The number of thiophene rings is 1. The molecule has 1 unspecified atom stereocenters. The lowest BCUT2D eigenvalue weighted by Gasteiger charge is -2.12. The fourth-order valence-corrected chi connectivity index (χ4v) is 3.10. The van der Waals surface area contributed by atoms with Crippen molar-refractivity contribution in [3.05, 3.63) is 63.7 Å². The molecule has 3 aromatic rings. The Hall–Kier alpha value is -3.00. The number of nitrogens with one attached hydrogen (secondary N) is 1. The van der Waals surface area contributed by atoms with E-state index in [4.69, 9.17) is 0 Å². The standard InChI is InChI=1S/C18H18N4O3S/c1-3-12(2)19-18(23)16-11-15(17-8-5-9-26-17)20-21(16)13-6-4-7-14(10-13)22(24)25/h4-12H,3H2,1-2H3,(H,19,23). The second kappa shape index (κ2) is 7.49. The molecule has 0 fully saturated rings. The van der Waals surface area contributed by atoms with Crippen molar-refractivity contribution in [2.24, 2.45) is 0 Å². The van der Waals surface area contributed by atoms with Crippen LogP contribution in [0.2, 0.25) is 0 Å². The van der Waals surface area contributed by atoms with Crippen molar-refractivity contribution in [1.82, 2.24) is 15.1 Å². The van der Waals surface area contributed by atoms with Crippen LogP contribution >= 0.6 is 11.3 Å². The van der Waals surface area contributed by atoms with Gasteiger partial charge in [0, 0.05) is 18.2 Å². The number of amides is 1. The van der Waals surface area contributed by atoms with Crippen molar-refractivity contribution in [3.63, 3.8) is 0 Å². The number of benzene rings is 1. The first-order valence-electron chi connectivity index (χ1n) is 8.19. The van der Waals surface area contributed by atoms with Crippen molar-refractivity contribution in [1.29, 1.82) is 0 Å². The molecule has 0 aliphatic rings. The number of carbonyl (C=O) groups is 1. The maximum absolute atomic E-state index is 12.7. The minimum absolute atomic E-state index is 0.0150. The van der Waals surface area contributed by atoms with Crippen molar-refractivity contribution >= 4 is 22.9 Å². The Bertz CT molecular complexity index is 934. The van der Waals surface area contributed by atoms with Gasteiger partial charge in [0.15, 0.2) is 0 Å². The minimum atomic E-state index is -0.466. The van der Waals surface area contributed by atoms with E-state index in [1.54, 1.807) is 18.2 Å². The summed E-state index contributed by atoms with van der Waals surface area (Å²) < 4.78 is 1.46. The summed E-state index contributed by atoms with van der Waals surface area (Å²) in [4.78, 5) is 24.2. The molecule has 0 bridgehead atoms. The van der Waals surface area contributed by atoms with Crippen LogP contribution in [-0.2, 0) is 0 Å². The average molecular weight is 370 g/mol. The zero-order chi connectivity index (χ0) is 18.7. The molecule has 1 N–H and O–H groups in total. The van der Waals surface area contributed by atoms with Gasteiger partial charge < -0.3 is 5.32 Å². The number of carbonyl (C=O) groups excluding carboxylic acids is 1. The first-order valence-corrected chi connectivity index (χ1v) is 9.07. The SMILES string of the molecule is CCC(C)NC(=O)c1cc(-c2cccs2)nn1-c1cccc([N+](=O)[O-])c1. The lowest BCUT2D eigenvalue weighted by atomic mass is 10.2. The number of nitro groups is 1. The Morgan fingerprint density at radius 1 is 1.35 bits per heavy atom. The van der Waals surface area contributed by atoms with Crippen LogP contribution in [0.5, 0.6) is 0 Å². The summed E-state index contributed by atoms with van der Waals surface area (Å²) in [6, 6.07) is 11.6. The average Bonchev–Trinajstić information content (AvgIpc) is 3.31. The van der Waals surface area contributed by atoms with E-state index >= 15 is 0 Å². The molecule has 8 heteroatoms. The highest BCUT2D eigenvalue weighted by atomic mass is 32.1. The third kappa shape index (κ3) is 3.65.